The standard InChI is InChI=1S/K.La.Mn.O.H. The summed E-state index contributed by atoms with van der Waals surface area (Å²) in [6, 6.07) is 0. The molecule has 0 saturated carbocycles. The van der Waals surface area contributed by atoms with Crippen molar-refractivity contribution in [3.05, 3.63) is 0 Å². The van der Waals surface area contributed by atoms with Gasteiger partial charge >= 0.3 is 71.2 Å². The molecule has 0 aliphatic rings. The van der Waals surface area contributed by atoms with Crippen molar-refractivity contribution in [2.75, 3.05) is 0 Å². The van der Waals surface area contributed by atoms with Crippen LogP contribution in [-0.2, 0) is 19.8 Å². The molecule has 1 radical (unpaired) electrons. The van der Waals surface area contributed by atoms with Gasteiger partial charge in [0, 0.05) is 35.6 Å². The minimum absolute atomic E-state index is 0. The van der Waals surface area contributed by atoms with Gasteiger partial charge in [0.05, 0.1) is 0 Å². The average Bonchev–Trinajstić information content (AvgIpc) is 1.00. The van der Waals surface area contributed by atoms with Crippen molar-refractivity contribution in [1.82, 2.24) is 0 Å². The Morgan fingerprint density at radius 1 is 1.25 bits per heavy atom. The number of rotatable bonds is 0. The summed E-state index contributed by atoms with van der Waals surface area (Å²) in [6.07, 6.45) is 0. The van der Waals surface area contributed by atoms with Gasteiger partial charge in [0.1, 0.15) is 0 Å². The second kappa shape index (κ2) is 16.4. The molecule has 0 saturated heterocycles. The zero-order valence-corrected chi connectivity index (χ0v) is 6.17. The van der Waals surface area contributed by atoms with Gasteiger partial charge in [-0.2, -0.15) is 0 Å². The van der Waals surface area contributed by atoms with Gasteiger partial charge in [-0.3, -0.25) is 0 Å². The van der Waals surface area contributed by atoms with Gasteiger partial charge in [0.2, 0.25) is 0 Å². The van der Waals surface area contributed by atoms with E-state index in [0.29, 0.717) is 0 Å². The van der Waals surface area contributed by atoms with E-state index in [1.807, 2.05) is 0 Å². The molecule has 4 heteroatoms. The van der Waals surface area contributed by atoms with Crippen LogP contribution in [0.25, 0.3) is 0 Å². The Balaban J connectivity index is -0.00000000500. The van der Waals surface area contributed by atoms with E-state index in [9.17, 15) is 0 Å². The first-order valence-electron chi connectivity index (χ1n) is 0.154. The van der Waals surface area contributed by atoms with E-state index >= 15 is 0 Å². The van der Waals surface area contributed by atoms with Gasteiger partial charge in [0.25, 0.3) is 0 Å². The van der Waals surface area contributed by atoms with Crippen LogP contribution in [-0.4, -0.2) is 51.4 Å². The Bertz CT molecular complexity index is 8.00. The molecule has 0 unspecified atom stereocenters. The molecule has 0 spiro atoms. The molecule has 0 aliphatic heterocycles. The number of hydrogen-bond donors (Lipinski definition) is 0. The van der Waals surface area contributed by atoms with Gasteiger partial charge in [-0.05, 0) is 0 Å². The van der Waals surface area contributed by atoms with E-state index in [2.05, 4.69) is 0 Å². The van der Waals surface area contributed by atoms with Crippen LogP contribution in [0.3, 0.4) is 0 Å². The Kier molecular flexibility index (Phi) is 64.5. The molecule has 0 heterocycles. The Hall–Kier alpha value is 3.15. The van der Waals surface area contributed by atoms with Crippen LogP contribution in [0, 0.1) is 35.6 Å². The van der Waals surface area contributed by atoms with Crippen LogP contribution in [0.2, 0.25) is 0 Å². The average molecular weight is 250 g/mol. The van der Waals surface area contributed by atoms with E-state index in [0.717, 1.165) is 0 Å². The summed E-state index contributed by atoms with van der Waals surface area (Å²) in [7, 11) is 0. The molecule has 0 N–H and O–H groups in total. The molecule has 0 bridgehead atoms. The van der Waals surface area contributed by atoms with Crippen molar-refractivity contribution in [3.63, 3.8) is 0 Å². The Morgan fingerprint density at radius 2 is 1.25 bits per heavy atom. The first-order valence-corrected chi connectivity index (χ1v) is 0.636. The van der Waals surface area contributed by atoms with Crippen LogP contribution in [0.5, 0.6) is 0 Å². The molecule has 0 amide bonds. The molecule has 0 aromatic heterocycles. The summed E-state index contributed by atoms with van der Waals surface area (Å²) in [5.41, 5.74) is 0. The first kappa shape index (κ1) is 15.7. The van der Waals surface area contributed by atoms with E-state index < -0.39 is 0 Å². The van der Waals surface area contributed by atoms with Crippen molar-refractivity contribution in [2.45, 2.75) is 0 Å². The third-order valence-corrected chi connectivity index (χ3v) is 0. The van der Waals surface area contributed by atoms with Crippen LogP contribution < -0.4 is 0 Å². The van der Waals surface area contributed by atoms with Crippen LogP contribution in [0.4, 0.5) is 0 Å². The van der Waals surface area contributed by atoms with Crippen molar-refractivity contribution in [1.29, 1.82) is 0 Å². The molecule has 0 aliphatic carbocycles. The summed E-state index contributed by atoms with van der Waals surface area (Å²) in [4.78, 5) is 0. The van der Waals surface area contributed by atoms with Crippen LogP contribution >= 0.6 is 0 Å². The molecule has 4 heavy (non-hydrogen) atoms. The molecule has 18 valence electrons. The zero-order valence-electron chi connectivity index (χ0n) is 1.36. The maximum atomic E-state index is 8.06. The van der Waals surface area contributed by atoms with E-state index in [-0.39, 0.29) is 87.0 Å². The number of hydrogen-bond acceptors (Lipinski definition) is 1. The van der Waals surface area contributed by atoms with Gasteiger partial charge in [-0.1, -0.05) is 0 Å². The predicted octanol–water partition coefficient (Wildman–Crippen LogP) is -0.770. The summed E-state index contributed by atoms with van der Waals surface area (Å²) < 4.78 is 8.06. The molecular weight excluding hydrogens is 249 g/mol. The molecule has 1 nitrogen and oxygen atoms in total. The third kappa shape index (κ3) is 8.94. The van der Waals surface area contributed by atoms with Gasteiger partial charge in [-0.15, -0.1) is 0 Å². The van der Waals surface area contributed by atoms with Crippen molar-refractivity contribution >= 4 is 51.4 Å². The fraction of sp³-hybridized carbons (Fsp3) is 0. The fourth-order valence-corrected chi connectivity index (χ4v) is 0. The molecular formula is HKLaMnO. The fourth-order valence-electron chi connectivity index (χ4n) is 0. The zero-order chi connectivity index (χ0) is 2.00. The van der Waals surface area contributed by atoms with Gasteiger partial charge in [0.15, 0.2) is 0 Å². The summed E-state index contributed by atoms with van der Waals surface area (Å²) in [6.45, 7) is 0. The summed E-state index contributed by atoms with van der Waals surface area (Å²) >= 11 is 1.69. The Morgan fingerprint density at radius 3 is 1.25 bits per heavy atom. The molecule has 0 atom stereocenters. The van der Waals surface area contributed by atoms with Crippen molar-refractivity contribution in [3.8, 4) is 0 Å². The third-order valence-electron chi connectivity index (χ3n) is 0. The monoisotopic (exact) mass is 250 g/mol. The van der Waals surface area contributed by atoms with Crippen molar-refractivity contribution in [2.24, 2.45) is 0 Å². The van der Waals surface area contributed by atoms with E-state index in [1.54, 1.807) is 15.9 Å². The van der Waals surface area contributed by atoms with E-state index in [4.69, 9.17) is 3.83 Å². The van der Waals surface area contributed by atoms with Crippen LogP contribution in [0.15, 0.2) is 0 Å². The summed E-state index contributed by atoms with van der Waals surface area (Å²) in [5.74, 6) is 0. The molecule has 0 aromatic carbocycles. The topological polar surface area (TPSA) is 17.1 Å². The van der Waals surface area contributed by atoms with E-state index in [1.165, 1.54) is 0 Å². The second-order valence-corrected chi connectivity index (χ2v) is 0. The first-order chi connectivity index (χ1) is 1.00. The molecule has 0 rings (SSSR count). The van der Waals surface area contributed by atoms with Gasteiger partial charge in [-0.25, -0.2) is 0 Å². The van der Waals surface area contributed by atoms with Gasteiger partial charge < -0.3 is 0 Å². The van der Waals surface area contributed by atoms with Crippen molar-refractivity contribution < 1.29 is 55.4 Å². The quantitative estimate of drug-likeness (QED) is 0.516. The minimum atomic E-state index is 0. The molecule has 0 aromatic rings. The maximum absolute atomic E-state index is 8.06. The normalized spacial score (nSPS) is 1.00. The van der Waals surface area contributed by atoms with Crippen LogP contribution in [0.1, 0.15) is 0 Å². The molecule has 0 fully saturated rings. The Labute approximate surface area is 104 Å². The predicted molar refractivity (Wildman–Crippen MR) is 7.84 cm³/mol. The SMILES string of the molecule is [KH].[La].[O]=[Mn]. The summed E-state index contributed by atoms with van der Waals surface area (Å²) in [5, 5.41) is 0. The second-order valence-electron chi connectivity index (χ2n) is 0.